The molecule has 1 fully saturated rings. The van der Waals surface area contributed by atoms with Gasteiger partial charge in [0, 0.05) is 34.8 Å². The van der Waals surface area contributed by atoms with Gasteiger partial charge >= 0.3 is 0 Å². The smallest absolute Gasteiger partial charge is 0.271 e. The van der Waals surface area contributed by atoms with E-state index < -0.39 is 4.92 Å². The van der Waals surface area contributed by atoms with Crippen LogP contribution in [-0.2, 0) is 4.79 Å². The highest BCUT2D eigenvalue weighted by Gasteiger charge is 2.56. The third kappa shape index (κ3) is 2.64. The molecule has 2 aromatic rings. The van der Waals surface area contributed by atoms with Crippen molar-refractivity contribution in [2.24, 2.45) is 11.3 Å². The molecule has 0 unspecified atom stereocenters. The monoisotopic (exact) mass is 407 g/mol. The molecule has 1 saturated carbocycles. The number of benzene rings is 1. The molecule has 7 heteroatoms. The fraction of sp³-hybridized carbons (Fsp3) is 0.364. The number of nitrogens with one attached hydrogen (secondary N) is 1. The second kappa shape index (κ2) is 6.16. The highest BCUT2D eigenvalue weighted by atomic mass is 32.2. The molecule has 0 aliphatic heterocycles. The van der Waals surface area contributed by atoms with Gasteiger partial charge in [0.15, 0.2) is 10.9 Å². The number of non-ortho nitro benzene ring substituents is 1. The lowest BCUT2D eigenvalue weighted by Crippen LogP contribution is -2.31. The molecule has 5 rings (SSSR count). The van der Waals surface area contributed by atoms with E-state index in [1.807, 2.05) is 6.08 Å². The number of Topliss-reactive ketones (excluding diaryl/α,β-unsaturated/α-hetero) is 1. The number of aromatic amines is 1. The lowest BCUT2D eigenvalue weighted by molar-refractivity contribution is -0.384. The zero-order chi connectivity index (χ0) is 20.5. The summed E-state index contributed by atoms with van der Waals surface area (Å²) in [5, 5.41) is 11.7. The number of fused-ring (bicyclic) bond motifs is 2. The van der Waals surface area contributed by atoms with Crippen LogP contribution >= 0.6 is 11.8 Å². The van der Waals surface area contributed by atoms with Gasteiger partial charge in [0.1, 0.15) is 0 Å². The fourth-order valence-electron chi connectivity index (χ4n) is 4.84. The number of imidazole rings is 1. The van der Waals surface area contributed by atoms with Crippen LogP contribution in [0.25, 0.3) is 11.0 Å². The summed E-state index contributed by atoms with van der Waals surface area (Å²) in [5.41, 5.74) is 7.24. The Kier molecular flexibility index (Phi) is 3.90. The Hall–Kier alpha value is -2.67. The molecule has 0 amide bonds. The van der Waals surface area contributed by atoms with Gasteiger partial charge < -0.3 is 4.98 Å². The van der Waals surface area contributed by atoms with E-state index in [-0.39, 0.29) is 22.8 Å². The summed E-state index contributed by atoms with van der Waals surface area (Å²) in [4.78, 5) is 31.3. The predicted octanol–water partition coefficient (Wildman–Crippen LogP) is 5.14. The van der Waals surface area contributed by atoms with Gasteiger partial charge in [-0.2, -0.15) is 0 Å². The second-order valence-electron chi connectivity index (χ2n) is 8.25. The van der Waals surface area contributed by atoms with E-state index in [1.165, 1.54) is 23.3 Å². The number of nitro groups is 1. The van der Waals surface area contributed by atoms with E-state index in [1.54, 1.807) is 17.8 Å². The number of nitrogens with zero attached hydrogens (tertiary/aromatic N) is 2. The van der Waals surface area contributed by atoms with Crippen molar-refractivity contribution in [1.29, 1.82) is 0 Å². The Morgan fingerprint density at radius 2 is 2.10 bits per heavy atom. The van der Waals surface area contributed by atoms with Crippen molar-refractivity contribution in [3.05, 3.63) is 62.3 Å². The summed E-state index contributed by atoms with van der Waals surface area (Å²) in [6, 6.07) is 4.64. The van der Waals surface area contributed by atoms with Crippen molar-refractivity contribution in [3.8, 4) is 0 Å². The van der Waals surface area contributed by atoms with Gasteiger partial charge in [-0.1, -0.05) is 24.3 Å². The molecular formula is C22H21N3O3S. The van der Waals surface area contributed by atoms with Crippen molar-refractivity contribution in [3.63, 3.8) is 0 Å². The first-order chi connectivity index (χ1) is 13.8. The summed E-state index contributed by atoms with van der Waals surface area (Å²) in [6.07, 6.45) is 4.25. The zero-order valence-electron chi connectivity index (χ0n) is 16.5. The quantitative estimate of drug-likeness (QED) is 0.431. The highest BCUT2D eigenvalue weighted by molar-refractivity contribution is 7.99. The number of hydrogen-bond acceptors (Lipinski definition) is 5. The highest BCUT2D eigenvalue weighted by Crippen LogP contribution is 2.63. The van der Waals surface area contributed by atoms with Crippen molar-refractivity contribution in [2.45, 2.75) is 38.8 Å². The Balaban J connectivity index is 1.44. The fourth-order valence-corrected chi connectivity index (χ4v) is 5.84. The van der Waals surface area contributed by atoms with E-state index in [0.29, 0.717) is 16.8 Å². The van der Waals surface area contributed by atoms with Crippen LogP contribution in [-0.4, -0.2) is 26.4 Å². The second-order valence-corrected chi connectivity index (χ2v) is 9.21. The van der Waals surface area contributed by atoms with E-state index in [0.717, 1.165) is 34.7 Å². The molecule has 1 aromatic heterocycles. The molecule has 0 saturated heterocycles. The minimum absolute atomic E-state index is 0.0474. The Labute approximate surface area is 172 Å². The first kappa shape index (κ1) is 18.4. The number of thioether (sulfide) groups is 1. The number of hydrogen-bond donors (Lipinski definition) is 1. The van der Waals surface area contributed by atoms with Crippen LogP contribution < -0.4 is 0 Å². The summed E-state index contributed by atoms with van der Waals surface area (Å²) >= 11 is 1.57. The van der Waals surface area contributed by atoms with Crippen LogP contribution in [0.4, 0.5) is 5.69 Å². The molecule has 6 nitrogen and oxygen atoms in total. The standard InChI is InChI=1S/C22H21N3O3S/c1-11-8-15-19(12(2)22(6-7-22)13(3)20(15)26)16(11)10-29-21-23-17-5-4-14(25(27)28)9-18(17)24-21/h4-5,8-9,13H,6-7,10H2,1-3H3,(H,23,24)/t13-/m1/s1. The van der Waals surface area contributed by atoms with E-state index in [4.69, 9.17) is 0 Å². The van der Waals surface area contributed by atoms with Crippen LogP contribution in [0.1, 0.15) is 33.6 Å². The minimum atomic E-state index is -0.406. The molecule has 3 aliphatic carbocycles. The maximum Gasteiger partial charge on any atom is 0.271 e. The largest absolute Gasteiger partial charge is 0.333 e. The Morgan fingerprint density at radius 3 is 2.79 bits per heavy atom. The molecule has 3 aliphatic rings. The van der Waals surface area contributed by atoms with Gasteiger partial charge in [0.05, 0.1) is 16.0 Å². The summed E-state index contributed by atoms with van der Waals surface area (Å²) in [6.45, 7) is 6.34. The maximum absolute atomic E-state index is 13.0. The van der Waals surface area contributed by atoms with Gasteiger partial charge in [-0.3, -0.25) is 14.9 Å². The molecule has 1 N–H and O–H groups in total. The number of ketones is 1. The van der Waals surface area contributed by atoms with Gasteiger partial charge in [0.2, 0.25) is 0 Å². The van der Waals surface area contributed by atoms with E-state index >= 15 is 0 Å². The zero-order valence-corrected chi connectivity index (χ0v) is 17.4. The van der Waals surface area contributed by atoms with Crippen molar-refractivity contribution >= 4 is 34.3 Å². The average molecular weight is 407 g/mol. The first-order valence-electron chi connectivity index (χ1n) is 9.76. The van der Waals surface area contributed by atoms with Crippen molar-refractivity contribution in [2.75, 3.05) is 5.75 Å². The predicted molar refractivity (Wildman–Crippen MR) is 113 cm³/mol. The Bertz CT molecular complexity index is 1200. The molecular weight excluding hydrogens is 386 g/mol. The third-order valence-corrected chi connectivity index (χ3v) is 7.71. The van der Waals surface area contributed by atoms with Crippen molar-refractivity contribution < 1.29 is 9.72 Å². The van der Waals surface area contributed by atoms with E-state index in [9.17, 15) is 14.9 Å². The van der Waals surface area contributed by atoms with Gasteiger partial charge in [0.25, 0.3) is 5.69 Å². The molecule has 1 aromatic carbocycles. The van der Waals surface area contributed by atoms with Crippen LogP contribution in [0.5, 0.6) is 0 Å². The third-order valence-electron chi connectivity index (χ3n) is 6.81. The van der Waals surface area contributed by atoms with Crippen LogP contribution in [0.3, 0.4) is 0 Å². The van der Waals surface area contributed by atoms with Gasteiger partial charge in [-0.15, -0.1) is 0 Å². The van der Waals surface area contributed by atoms with Crippen LogP contribution in [0.2, 0.25) is 0 Å². The molecule has 1 spiro atoms. The number of nitro benzene ring substituents is 1. The lowest BCUT2D eigenvalue weighted by atomic mass is 9.70. The number of carbonyl (C=O) groups is 1. The maximum atomic E-state index is 13.0. The molecule has 1 heterocycles. The molecule has 148 valence electrons. The summed E-state index contributed by atoms with van der Waals surface area (Å²) in [7, 11) is 0. The number of rotatable bonds is 4. The summed E-state index contributed by atoms with van der Waals surface area (Å²) in [5.74, 6) is 1.06. The average Bonchev–Trinajstić information content (AvgIpc) is 3.29. The summed E-state index contributed by atoms with van der Waals surface area (Å²) < 4.78 is 0. The molecule has 1 atom stereocenters. The molecule has 29 heavy (non-hydrogen) atoms. The normalized spacial score (nSPS) is 22.5. The number of H-pyrrole nitrogens is 1. The first-order valence-corrected chi connectivity index (χ1v) is 10.7. The van der Waals surface area contributed by atoms with Crippen LogP contribution in [0, 0.1) is 21.4 Å². The number of carbonyl (C=O) groups excluding carboxylic acids is 1. The topological polar surface area (TPSA) is 88.9 Å². The number of allylic oxidation sites excluding steroid dienone is 5. The number of aromatic nitrogens is 2. The van der Waals surface area contributed by atoms with E-state index in [2.05, 4.69) is 30.7 Å². The van der Waals surface area contributed by atoms with Crippen LogP contribution in [0.15, 0.2) is 57.3 Å². The molecule has 0 bridgehead atoms. The van der Waals surface area contributed by atoms with Gasteiger partial charge in [-0.05, 0) is 55.6 Å². The minimum Gasteiger partial charge on any atom is -0.333 e. The Morgan fingerprint density at radius 1 is 1.34 bits per heavy atom. The molecule has 0 radical (unpaired) electrons. The lowest BCUT2D eigenvalue weighted by Gasteiger charge is -2.32. The van der Waals surface area contributed by atoms with Crippen molar-refractivity contribution in [1.82, 2.24) is 9.97 Å². The SMILES string of the molecule is CC1=C(CSc2nc3ccc([N+](=O)[O-])cc3[nH]2)C2=C(C)C3(CC3)[C@H](C)C(=O)C2=C1. The van der Waals surface area contributed by atoms with Gasteiger partial charge in [-0.25, -0.2) is 4.98 Å².